The number of thioether (sulfide) groups is 1. The van der Waals surface area contributed by atoms with Gasteiger partial charge in [0.1, 0.15) is 0 Å². The molecule has 2 aromatic rings. The van der Waals surface area contributed by atoms with Gasteiger partial charge < -0.3 is 10.2 Å². The van der Waals surface area contributed by atoms with Crippen molar-refractivity contribution in [3.05, 3.63) is 52.6 Å². The summed E-state index contributed by atoms with van der Waals surface area (Å²) in [4.78, 5) is 14.2. The quantitative estimate of drug-likeness (QED) is 0.576. The Labute approximate surface area is 198 Å². The van der Waals surface area contributed by atoms with E-state index in [0.29, 0.717) is 53.4 Å². The van der Waals surface area contributed by atoms with Gasteiger partial charge in [-0.2, -0.15) is 13.1 Å². The summed E-state index contributed by atoms with van der Waals surface area (Å²) in [6, 6.07) is 8.28. The number of nitrogens with zero attached hydrogens (tertiary/aromatic N) is 1. The minimum absolute atomic E-state index is 0.198. The highest BCUT2D eigenvalue weighted by Gasteiger charge is 2.33. The molecule has 33 heavy (non-hydrogen) atoms. The summed E-state index contributed by atoms with van der Waals surface area (Å²) in [7, 11) is -3.62. The van der Waals surface area contributed by atoms with Crippen molar-refractivity contribution in [3.8, 4) is 0 Å². The van der Waals surface area contributed by atoms with E-state index in [9.17, 15) is 22.0 Å². The van der Waals surface area contributed by atoms with E-state index in [2.05, 4.69) is 5.32 Å². The van der Waals surface area contributed by atoms with E-state index in [1.165, 1.54) is 4.31 Å². The molecular formula is C23H30F2N3O3S2+. The minimum Gasteiger partial charge on any atom is -0.325 e. The molecule has 6 nitrogen and oxygen atoms in total. The zero-order valence-corrected chi connectivity index (χ0v) is 20.9. The molecule has 0 aliphatic carbocycles. The topological polar surface area (TPSA) is 70.9 Å². The van der Waals surface area contributed by atoms with E-state index in [4.69, 9.17) is 0 Å². The summed E-state index contributed by atoms with van der Waals surface area (Å²) in [6.07, 6.45) is 0. The van der Waals surface area contributed by atoms with Gasteiger partial charge in [0, 0.05) is 10.6 Å². The number of amides is 1. The summed E-state index contributed by atoms with van der Waals surface area (Å²) in [5.41, 5.74) is 4.02. The molecule has 0 atom stereocenters. The van der Waals surface area contributed by atoms with Gasteiger partial charge in [-0.25, -0.2) is 8.42 Å². The third-order valence-electron chi connectivity index (χ3n) is 6.10. The van der Waals surface area contributed by atoms with Crippen LogP contribution < -0.4 is 10.2 Å². The Balaban J connectivity index is 1.58. The van der Waals surface area contributed by atoms with Crippen LogP contribution in [0.1, 0.15) is 22.3 Å². The van der Waals surface area contributed by atoms with Crippen molar-refractivity contribution in [1.82, 2.24) is 4.31 Å². The number of anilines is 1. The van der Waals surface area contributed by atoms with Crippen molar-refractivity contribution in [1.29, 1.82) is 0 Å². The van der Waals surface area contributed by atoms with E-state index in [1.54, 1.807) is 24.3 Å². The fourth-order valence-corrected chi connectivity index (χ4v) is 6.58. The number of quaternary nitrogens is 1. The molecule has 3 rings (SSSR count). The molecule has 0 bridgehead atoms. The molecule has 10 heteroatoms. The van der Waals surface area contributed by atoms with Crippen LogP contribution in [0.25, 0.3) is 0 Å². The first-order valence-corrected chi connectivity index (χ1v) is 13.1. The fraction of sp³-hybridized carbons (Fsp3) is 0.435. The van der Waals surface area contributed by atoms with Crippen molar-refractivity contribution in [3.63, 3.8) is 0 Å². The van der Waals surface area contributed by atoms with Crippen LogP contribution >= 0.6 is 11.8 Å². The molecule has 1 saturated heterocycles. The largest absolute Gasteiger partial charge is 0.325 e. The fourth-order valence-electron chi connectivity index (χ4n) is 4.07. The van der Waals surface area contributed by atoms with Crippen LogP contribution in [0.5, 0.6) is 0 Å². The zero-order valence-electron chi connectivity index (χ0n) is 19.2. The summed E-state index contributed by atoms with van der Waals surface area (Å²) in [5, 5.41) is 2.78. The maximum absolute atomic E-state index is 13.4. The number of hydrogen-bond donors (Lipinski definition) is 2. The SMILES string of the molecule is Cc1cc(C)c(C)c(S(=O)(=O)N2CC[NH+](CC(=O)Nc3ccc(SC(F)F)cc3)CC2)c1C. The van der Waals surface area contributed by atoms with Gasteiger partial charge in [-0.05, 0) is 74.2 Å². The zero-order chi connectivity index (χ0) is 24.3. The lowest BCUT2D eigenvalue weighted by Gasteiger charge is -2.32. The maximum atomic E-state index is 13.4. The van der Waals surface area contributed by atoms with E-state index < -0.39 is 15.8 Å². The number of piperazine rings is 1. The van der Waals surface area contributed by atoms with E-state index in [-0.39, 0.29) is 12.5 Å². The van der Waals surface area contributed by atoms with Crippen LogP contribution in [0.15, 0.2) is 40.1 Å². The molecule has 0 spiro atoms. The number of benzene rings is 2. The number of sulfonamides is 1. The predicted octanol–water partition coefficient (Wildman–Crippen LogP) is 2.76. The number of halogens is 2. The summed E-state index contributed by atoms with van der Waals surface area (Å²) in [6.45, 7) is 9.49. The minimum atomic E-state index is -3.62. The number of aryl methyl sites for hydroxylation is 2. The Kier molecular flexibility index (Phi) is 8.15. The average molecular weight is 499 g/mol. The lowest BCUT2D eigenvalue weighted by Crippen LogP contribution is -3.15. The van der Waals surface area contributed by atoms with Crippen LogP contribution in [-0.2, 0) is 14.8 Å². The van der Waals surface area contributed by atoms with E-state index in [1.807, 2.05) is 33.8 Å². The normalized spacial score (nSPS) is 15.7. The highest BCUT2D eigenvalue weighted by molar-refractivity contribution is 7.99. The molecular weight excluding hydrogens is 468 g/mol. The molecule has 1 aliphatic heterocycles. The molecule has 1 heterocycles. The standard InChI is InChI=1S/C23H29F2N3O3S2/c1-15-13-16(2)18(4)22(17(15)3)33(30,31)28-11-9-27(10-12-28)14-21(29)26-19-5-7-20(8-6-19)32-23(24)25/h5-8,13,23H,9-12,14H2,1-4H3,(H,26,29)/p+1. The van der Waals surface area contributed by atoms with Gasteiger partial charge in [0.15, 0.2) is 6.54 Å². The van der Waals surface area contributed by atoms with Crippen LogP contribution in [-0.4, -0.2) is 57.1 Å². The van der Waals surface area contributed by atoms with Gasteiger partial charge >= 0.3 is 0 Å². The highest BCUT2D eigenvalue weighted by Crippen LogP contribution is 2.29. The molecule has 1 aliphatic rings. The molecule has 1 amide bonds. The number of rotatable bonds is 7. The Morgan fingerprint density at radius 1 is 1.06 bits per heavy atom. The third-order valence-corrected chi connectivity index (χ3v) is 8.99. The van der Waals surface area contributed by atoms with Crippen molar-refractivity contribution in [2.75, 3.05) is 38.0 Å². The predicted molar refractivity (Wildman–Crippen MR) is 127 cm³/mol. The smallest absolute Gasteiger partial charge is 0.288 e. The molecule has 2 N–H and O–H groups in total. The van der Waals surface area contributed by atoms with Gasteiger partial charge in [0.2, 0.25) is 10.0 Å². The van der Waals surface area contributed by atoms with Gasteiger partial charge in [-0.3, -0.25) is 4.79 Å². The Hall–Kier alpha value is -2.01. The molecule has 0 unspecified atom stereocenters. The number of carbonyl (C=O) groups excluding carboxylic acids is 1. The summed E-state index contributed by atoms with van der Waals surface area (Å²) >= 11 is 0.454. The van der Waals surface area contributed by atoms with Crippen LogP contribution in [0.3, 0.4) is 0 Å². The van der Waals surface area contributed by atoms with Gasteiger partial charge in [0.05, 0.1) is 31.1 Å². The Bertz CT molecular complexity index is 1090. The Morgan fingerprint density at radius 2 is 1.61 bits per heavy atom. The first-order chi connectivity index (χ1) is 15.5. The second-order valence-corrected chi connectivity index (χ2v) is 11.3. The van der Waals surface area contributed by atoms with Crippen molar-refractivity contribution >= 4 is 33.4 Å². The molecule has 0 radical (unpaired) electrons. The van der Waals surface area contributed by atoms with Crippen LogP contribution in [0.4, 0.5) is 14.5 Å². The first-order valence-electron chi connectivity index (χ1n) is 10.7. The number of carbonyl (C=O) groups is 1. The molecule has 0 aromatic heterocycles. The van der Waals surface area contributed by atoms with Crippen LogP contribution in [0, 0.1) is 27.7 Å². The first kappa shape index (κ1) is 25.6. The van der Waals surface area contributed by atoms with Gasteiger partial charge in [-0.15, -0.1) is 0 Å². The van der Waals surface area contributed by atoms with Gasteiger partial charge in [-0.1, -0.05) is 17.8 Å². The van der Waals surface area contributed by atoms with Crippen molar-refractivity contribution < 1.29 is 26.9 Å². The second kappa shape index (κ2) is 10.5. The van der Waals surface area contributed by atoms with Crippen LogP contribution in [0.2, 0.25) is 0 Å². The number of alkyl halides is 2. The van der Waals surface area contributed by atoms with E-state index in [0.717, 1.165) is 27.2 Å². The monoisotopic (exact) mass is 498 g/mol. The third kappa shape index (κ3) is 6.11. The molecule has 180 valence electrons. The lowest BCUT2D eigenvalue weighted by molar-refractivity contribution is -0.895. The summed E-state index contributed by atoms with van der Waals surface area (Å²) < 4.78 is 53.1. The van der Waals surface area contributed by atoms with Crippen molar-refractivity contribution in [2.45, 2.75) is 43.2 Å². The number of nitrogens with one attached hydrogen (secondary N) is 2. The average Bonchev–Trinajstić information content (AvgIpc) is 2.74. The van der Waals surface area contributed by atoms with E-state index >= 15 is 0 Å². The highest BCUT2D eigenvalue weighted by atomic mass is 32.2. The van der Waals surface area contributed by atoms with Gasteiger partial charge in [0.25, 0.3) is 11.7 Å². The second-order valence-electron chi connectivity index (χ2n) is 8.37. The molecule has 1 fully saturated rings. The van der Waals surface area contributed by atoms with Crippen molar-refractivity contribution in [2.24, 2.45) is 0 Å². The summed E-state index contributed by atoms with van der Waals surface area (Å²) in [5.74, 6) is -2.68. The number of hydrogen-bond acceptors (Lipinski definition) is 4. The molecule has 2 aromatic carbocycles. The maximum Gasteiger partial charge on any atom is 0.288 e. The Morgan fingerprint density at radius 3 is 2.12 bits per heavy atom. The molecule has 0 saturated carbocycles. The lowest BCUT2D eigenvalue weighted by atomic mass is 10.0.